The molecule has 0 saturated heterocycles. The first kappa shape index (κ1) is 21.7. The summed E-state index contributed by atoms with van der Waals surface area (Å²) in [6.45, 7) is 0. The zero-order valence-electron chi connectivity index (χ0n) is 20.4. The number of rotatable bonds is 3. The Morgan fingerprint density at radius 2 is 1.03 bits per heavy atom. The molecule has 0 saturated carbocycles. The van der Waals surface area contributed by atoms with Gasteiger partial charge in [0.25, 0.3) is 0 Å². The normalized spacial score (nSPS) is 11.7. The van der Waals surface area contributed by atoms with Gasteiger partial charge < -0.3 is 0 Å². The van der Waals surface area contributed by atoms with Gasteiger partial charge >= 0.3 is 0 Å². The van der Waals surface area contributed by atoms with Gasteiger partial charge in [-0.15, -0.1) is 22.7 Å². The van der Waals surface area contributed by atoms with E-state index in [9.17, 15) is 0 Å². The molecule has 0 bridgehead atoms. The standard InChI is InChI=1S/C35H21NS2/c1-2-9-22(10-3-1)31-20-19-30-29-17-8-15-26(34(29)38-35(30)36-31)24-12-6-11-23(21-24)25-14-7-16-28-27-13-4-5-18-32(27)37-33(25)28/h1-21H. The maximum absolute atomic E-state index is 5.06. The molecule has 0 amide bonds. The van der Waals surface area contributed by atoms with Crippen LogP contribution in [0.1, 0.15) is 0 Å². The molecular weight excluding hydrogens is 499 g/mol. The lowest BCUT2D eigenvalue weighted by Crippen LogP contribution is -1.82. The van der Waals surface area contributed by atoms with Gasteiger partial charge in [0, 0.05) is 41.2 Å². The molecule has 3 aromatic heterocycles. The number of aromatic nitrogens is 1. The molecule has 0 aliphatic rings. The Balaban J connectivity index is 1.29. The van der Waals surface area contributed by atoms with E-state index < -0.39 is 0 Å². The molecule has 0 fully saturated rings. The summed E-state index contributed by atoms with van der Waals surface area (Å²) in [5.74, 6) is 0. The minimum Gasteiger partial charge on any atom is -0.237 e. The second-order valence-electron chi connectivity index (χ2n) is 9.56. The number of pyridine rings is 1. The first-order valence-electron chi connectivity index (χ1n) is 12.7. The lowest BCUT2D eigenvalue weighted by atomic mass is 9.97. The van der Waals surface area contributed by atoms with Gasteiger partial charge in [0.05, 0.1) is 5.69 Å². The van der Waals surface area contributed by atoms with Crippen LogP contribution in [0, 0.1) is 0 Å². The van der Waals surface area contributed by atoms with Crippen molar-refractivity contribution >= 4 is 63.1 Å². The lowest BCUT2D eigenvalue weighted by Gasteiger charge is -2.08. The first-order valence-corrected chi connectivity index (χ1v) is 14.4. The van der Waals surface area contributed by atoms with E-state index in [1.165, 1.54) is 57.9 Å². The maximum Gasteiger partial charge on any atom is 0.125 e. The van der Waals surface area contributed by atoms with Crippen molar-refractivity contribution in [1.82, 2.24) is 4.98 Å². The van der Waals surface area contributed by atoms with Crippen molar-refractivity contribution in [1.29, 1.82) is 0 Å². The summed E-state index contributed by atoms with van der Waals surface area (Å²) in [5, 5.41) is 5.16. The highest BCUT2D eigenvalue weighted by Gasteiger charge is 2.14. The molecule has 38 heavy (non-hydrogen) atoms. The first-order chi connectivity index (χ1) is 18.8. The van der Waals surface area contributed by atoms with Gasteiger partial charge in [-0.05, 0) is 46.5 Å². The fraction of sp³-hybridized carbons (Fsp3) is 0. The summed E-state index contributed by atoms with van der Waals surface area (Å²) in [5.41, 5.74) is 7.21. The number of nitrogens with zero attached hydrogens (tertiary/aromatic N) is 1. The van der Waals surface area contributed by atoms with E-state index >= 15 is 0 Å². The zero-order valence-corrected chi connectivity index (χ0v) is 22.0. The third kappa shape index (κ3) is 3.40. The van der Waals surface area contributed by atoms with Gasteiger partial charge in [-0.2, -0.15) is 0 Å². The Labute approximate surface area is 228 Å². The van der Waals surface area contributed by atoms with E-state index in [2.05, 4.69) is 121 Å². The monoisotopic (exact) mass is 519 g/mol. The van der Waals surface area contributed by atoms with Crippen molar-refractivity contribution in [2.75, 3.05) is 0 Å². The minimum absolute atomic E-state index is 1.02. The van der Waals surface area contributed by atoms with Gasteiger partial charge in [-0.3, -0.25) is 0 Å². The number of fused-ring (bicyclic) bond motifs is 6. The quantitative estimate of drug-likeness (QED) is 0.226. The van der Waals surface area contributed by atoms with E-state index in [1.54, 1.807) is 11.3 Å². The van der Waals surface area contributed by atoms with Gasteiger partial charge in [0.1, 0.15) is 4.83 Å². The van der Waals surface area contributed by atoms with Crippen molar-refractivity contribution in [2.45, 2.75) is 0 Å². The molecule has 0 unspecified atom stereocenters. The average molecular weight is 520 g/mol. The second kappa shape index (κ2) is 8.63. The Kier molecular flexibility index (Phi) is 4.94. The van der Waals surface area contributed by atoms with Crippen LogP contribution in [0.2, 0.25) is 0 Å². The fourth-order valence-electron chi connectivity index (χ4n) is 5.50. The van der Waals surface area contributed by atoms with Crippen molar-refractivity contribution < 1.29 is 0 Å². The number of hydrogen-bond acceptors (Lipinski definition) is 3. The number of hydrogen-bond donors (Lipinski definition) is 0. The average Bonchev–Trinajstić information content (AvgIpc) is 3.55. The van der Waals surface area contributed by atoms with E-state index in [4.69, 9.17) is 4.98 Å². The molecule has 3 heteroatoms. The van der Waals surface area contributed by atoms with Gasteiger partial charge in [-0.1, -0.05) is 103 Å². The fourth-order valence-corrected chi connectivity index (χ4v) is 7.95. The molecule has 0 radical (unpaired) electrons. The predicted molar refractivity (Wildman–Crippen MR) is 166 cm³/mol. The molecule has 8 aromatic rings. The zero-order chi connectivity index (χ0) is 25.1. The summed E-state index contributed by atoms with van der Waals surface area (Å²) < 4.78 is 3.98. The molecule has 5 aromatic carbocycles. The van der Waals surface area contributed by atoms with E-state index in [0.717, 1.165) is 16.1 Å². The van der Waals surface area contributed by atoms with Crippen LogP contribution in [0.3, 0.4) is 0 Å². The topological polar surface area (TPSA) is 12.9 Å². The van der Waals surface area contributed by atoms with Crippen LogP contribution >= 0.6 is 22.7 Å². The third-order valence-corrected chi connectivity index (χ3v) is 9.69. The van der Waals surface area contributed by atoms with Crippen LogP contribution in [-0.2, 0) is 0 Å². The molecule has 0 aliphatic carbocycles. The van der Waals surface area contributed by atoms with Crippen LogP contribution in [0.25, 0.3) is 74.0 Å². The Morgan fingerprint density at radius 3 is 1.82 bits per heavy atom. The second-order valence-corrected chi connectivity index (χ2v) is 11.6. The van der Waals surface area contributed by atoms with Gasteiger partial charge in [0.15, 0.2) is 0 Å². The van der Waals surface area contributed by atoms with Crippen molar-refractivity contribution in [3.8, 4) is 33.5 Å². The molecule has 0 N–H and O–H groups in total. The third-order valence-electron chi connectivity index (χ3n) is 7.32. The van der Waals surface area contributed by atoms with Crippen molar-refractivity contribution in [2.24, 2.45) is 0 Å². The summed E-state index contributed by atoms with van der Waals surface area (Å²) in [6, 6.07) is 45.8. The number of thiophene rings is 2. The van der Waals surface area contributed by atoms with Gasteiger partial charge in [0.2, 0.25) is 0 Å². The molecule has 178 valence electrons. The molecule has 8 rings (SSSR count). The molecule has 0 aliphatic heterocycles. The van der Waals surface area contributed by atoms with Gasteiger partial charge in [-0.25, -0.2) is 4.98 Å². The van der Waals surface area contributed by atoms with Crippen molar-refractivity contribution in [3.05, 3.63) is 127 Å². The van der Waals surface area contributed by atoms with Crippen LogP contribution in [-0.4, -0.2) is 4.98 Å². The highest BCUT2D eigenvalue weighted by Crippen LogP contribution is 2.43. The highest BCUT2D eigenvalue weighted by atomic mass is 32.1. The molecule has 0 spiro atoms. The lowest BCUT2D eigenvalue weighted by molar-refractivity contribution is 1.43. The van der Waals surface area contributed by atoms with Crippen LogP contribution < -0.4 is 0 Å². The maximum atomic E-state index is 5.06. The van der Waals surface area contributed by atoms with Crippen LogP contribution in [0.15, 0.2) is 127 Å². The SMILES string of the molecule is c1ccc(-c2ccc3c(n2)sc2c(-c4cccc(-c5cccc6c5sc5ccccc56)c4)cccc23)cc1. The summed E-state index contributed by atoms with van der Waals surface area (Å²) >= 11 is 3.67. The van der Waals surface area contributed by atoms with Crippen LogP contribution in [0.5, 0.6) is 0 Å². The summed E-state index contributed by atoms with van der Waals surface area (Å²) in [7, 11) is 0. The predicted octanol–water partition coefficient (Wildman–Crippen LogP) is 10.8. The highest BCUT2D eigenvalue weighted by molar-refractivity contribution is 7.26. The van der Waals surface area contributed by atoms with E-state index in [-0.39, 0.29) is 0 Å². The molecule has 1 nitrogen and oxygen atoms in total. The molecular formula is C35H21NS2. The molecule has 0 atom stereocenters. The Morgan fingerprint density at radius 1 is 0.421 bits per heavy atom. The number of benzene rings is 5. The van der Waals surface area contributed by atoms with Crippen LogP contribution in [0.4, 0.5) is 0 Å². The van der Waals surface area contributed by atoms with E-state index in [1.807, 2.05) is 17.4 Å². The largest absolute Gasteiger partial charge is 0.237 e. The molecule has 3 heterocycles. The smallest absolute Gasteiger partial charge is 0.125 e. The minimum atomic E-state index is 1.02. The summed E-state index contributed by atoms with van der Waals surface area (Å²) in [4.78, 5) is 6.14. The van der Waals surface area contributed by atoms with Crippen molar-refractivity contribution in [3.63, 3.8) is 0 Å². The summed E-state index contributed by atoms with van der Waals surface area (Å²) in [6.07, 6.45) is 0. The van der Waals surface area contributed by atoms with E-state index in [0.29, 0.717) is 0 Å². The Hall–Kier alpha value is -4.31. The Bertz CT molecular complexity index is 2130.